The molecule has 3 heterocycles. The molecule has 12 rings (SSSR count). The molecule has 3 heteroatoms. The fraction of sp³-hybridized carbons (Fsp3) is 0. The zero-order valence-electron chi connectivity index (χ0n) is 26.2. The highest BCUT2D eigenvalue weighted by molar-refractivity contribution is 7.27. The van der Waals surface area contributed by atoms with Crippen LogP contribution in [0.1, 0.15) is 0 Å². The van der Waals surface area contributed by atoms with Crippen molar-refractivity contribution in [2.24, 2.45) is 0 Å². The van der Waals surface area contributed by atoms with Crippen molar-refractivity contribution in [3.63, 3.8) is 0 Å². The molecular formula is C46H25NOS. The van der Waals surface area contributed by atoms with Gasteiger partial charge in [0.2, 0.25) is 0 Å². The Balaban J connectivity index is 1.15. The van der Waals surface area contributed by atoms with Gasteiger partial charge < -0.3 is 8.98 Å². The quantitative estimate of drug-likeness (QED) is 0.184. The molecule has 49 heavy (non-hydrogen) atoms. The van der Waals surface area contributed by atoms with E-state index in [-0.39, 0.29) is 0 Å². The molecule has 0 unspecified atom stereocenters. The summed E-state index contributed by atoms with van der Waals surface area (Å²) < 4.78 is 11.9. The summed E-state index contributed by atoms with van der Waals surface area (Å²) in [7, 11) is 0. The summed E-state index contributed by atoms with van der Waals surface area (Å²) in [5.41, 5.74) is 13.1. The lowest BCUT2D eigenvalue weighted by Crippen LogP contribution is -1.94. The van der Waals surface area contributed by atoms with Crippen molar-refractivity contribution in [1.82, 2.24) is 4.57 Å². The van der Waals surface area contributed by atoms with Crippen molar-refractivity contribution < 1.29 is 4.42 Å². The van der Waals surface area contributed by atoms with Crippen LogP contribution < -0.4 is 0 Å². The van der Waals surface area contributed by atoms with Crippen molar-refractivity contribution in [3.05, 3.63) is 152 Å². The molecular weight excluding hydrogens is 615 g/mol. The molecule has 1 aliphatic rings. The van der Waals surface area contributed by atoms with Crippen LogP contribution in [-0.2, 0) is 0 Å². The smallest absolute Gasteiger partial charge is 0.161 e. The van der Waals surface area contributed by atoms with E-state index in [2.05, 4.69) is 156 Å². The van der Waals surface area contributed by atoms with Crippen LogP contribution in [0.4, 0.5) is 0 Å². The number of para-hydroxylation sites is 2. The Hall–Kier alpha value is -6.16. The Labute approximate surface area is 284 Å². The Kier molecular flexibility index (Phi) is 4.89. The van der Waals surface area contributed by atoms with E-state index in [4.69, 9.17) is 4.42 Å². The predicted molar refractivity (Wildman–Crippen MR) is 208 cm³/mol. The second-order valence-corrected chi connectivity index (χ2v) is 14.2. The number of hydrogen-bond donors (Lipinski definition) is 0. The van der Waals surface area contributed by atoms with Gasteiger partial charge in [-0.15, -0.1) is 11.3 Å². The Morgan fingerprint density at radius 3 is 1.94 bits per heavy atom. The van der Waals surface area contributed by atoms with Crippen molar-refractivity contribution in [2.45, 2.75) is 0 Å². The molecule has 226 valence electrons. The van der Waals surface area contributed by atoms with Crippen LogP contribution in [0.3, 0.4) is 0 Å². The van der Waals surface area contributed by atoms with Gasteiger partial charge in [-0.2, -0.15) is 0 Å². The largest absolute Gasteiger partial charge is 0.454 e. The first-order valence-electron chi connectivity index (χ1n) is 16.8. The summed E-state index contributed by atoms with van der Waals surface area (Å²) in [4.78, 5) is 0. The van der Waals surface area contributed by atoms with Crippen LogP contribution in [0.2, 0.25) is 0 Å². The van der Waals surface area contributed by atoms with E-state index in [1.807, 2.05) is 11.3 Å². The van der Waals surface area contributed by atoms with E-state index in [0.29, 0.717) is 0 Å². The summed E-state index contributed by atoms with van der Waals surface area (Å²) in [6.45, 7) is 0. The van der Waals surface area contributed by atoms with Crippen LogP contribution in [0.15, 0.2) is 156 Å². The molecule has 0 bridgehead atoms. The lowest BCUT2D eigenvalue weighted by Gasteiger charge is -2.12. The highest BCUT2D eigenvalue weighted by Gasteiger charge is 2.26. The predicted octanol–water partition coefficient (Wildman–Crippen LogP) is 13.5. The van der Waals surface area contributed by atoms with Crippen LogP contribution in [0, 0.1) is 0 Å². The minimum absolute atomic E-state index is 0.921. The fourth-order valence-corrected chi connectivity index (χ4v) is 10.00. The Bertz CT molecular complexity index is 3180. The summed E-state index contributed by atoms with van der Waals surface area (Å²) >= 11 is 1.87. The topological polar surface area (TPSA) is 18.1 Å². The molecule has 0 saturated carbocycles. The number of hydrogen-bond acceptors (Lipinski definition) is 2. The number of aromatic nitrogens is 1. The first-order chi connectivity index (χ1) is 24.3. The van der Waals surface area contributed by atoms with E-state index in [1.54, 1.807) is 0 Å². The molecule has 0 aliphatic heterocycles. The fourth-order valence-electron chi connectivity index (χ4n) is 8.73. The van der Waals surface area contributed by atoms with Crippen LogP contribution in [-0.4, -0.2) is 4.57 Å². The van der Waals surface area contributed by atoms with Gasteiger partial charge in [-0.05, 0) is 74.5 Å². The van der Waals surface area contributed by atoms with Crippen molar-refractivity contribution in [2.75, 3.05) is 0 Å². The number of benzene rings is 8. The van der Waals surface area contributed by atoms with Gasteiger partial charge in [0.25, 0.3) is 0 Å². The average molecular weight is 640 g/mol. The van der Waals surface area contributed by atoms with E-state index in [9.17, 15) is 0 Å². The first-order valence-corrected chi connectivity index (χ1v) is 17.6. The number of thiophene rings is 1. The van der Waals surface area contributed by atoms with E-state index < -0.39 is 0 Å². The zero-order valence-corrected chi connectivity index (χ0v) is 27.0. The van der Waals surface area contributed by atoms with Gasteiger partial charge in [-0.1, -0.05) is 121 Å². The maximum Gasteiger partial charge on any atom is 0.161 e. The number of furan rings is 1. The highest BCUT2D eigenvalue weighted by atomic mass is 32.1. The second-order valence-electron chi connectivity index (χ2n) is 13.2. The lowest BCUT2D eigenvalue weighted by atomic mass is 9.94. The number of fused-ring (bicyclic) bond motifs is 15. The maximum atomic E-state index is 6.84. The average Bonchev–Trinajstić information content (AvgIpc) is 3.91. The molecule has 3 aromatic heterocycles. The SMILES string of the molecule is c1ccc2c(c1)-c1cccc3c(-c4ccc(-n5c6ccccc6c6c7c8ccccc8sc7c7c8ccccc8oc7c65)cc4)ccc-2c13. The van der Waals surface area contributed by atoms with Gasteiger partial charge in [0.15, 0.2) is 5.58 Å². The first kappa shape index (κ1) is 25.9. The number of rotatable bonds is 2. The van der Waals surface area contributed by atoms with E-state index >= 15 is 0 Å². The standard InChI is InChI=1S/C46H25NOS/c1-2-11-30-29(10-1)32-16-9-15-31-28(24-25-33(30)40(31)32)26-20-22-27(23-21-26)47-37-17-6-3-12-34(37)41-42-36-14-5-8-19-39(36)49-46(42)43-35-13-4-7-18-38(35)48-45(43)44(41)47/h1-25H. The van der Waals surface area contributed by atoms with Gasteiger partial charge in [0.05, 0.1) is 11.0 Å². The van der Waals surface area contributed by atoms with E-state index in [0.717, 1.165) is 27.8 Å². The van der Waals surface area contributed by atoms with Gasteiger partial charge in [0, 0.05) is 47.4 Å². The summed E-state index contributed by atoms with van der Waals surface area (Å²) in [6.07, 6.45) is 0. The van der Waals surface area contributed by atoms with Crippen molar-refractivity contribution >= 4 is 86.0 Å². The molecule has 0 radical (unpaired) electrons. The Morgan fingerprint density at radius 1 is 0.429 bits per heavy atom. The maximum absolute atomic E-state index is 6.84. The monoisotopic (exact) mass is 639 g/mol. The molecule has 1 aliphatic carbocycles. The summed E-state index contributed by atoms with van der Waals surface area (Å²) in [5, 5.41) is 10.1. The van der Waals surface area contributed by atoms with Gasteiger partial charge in [0.1, 0.15) is 5.58 Å². The van der Waals surface area contributed by atoms with Crippen molar-refractivity contribution in [3.8, 4) is 39.1 Å². The van der Waals surface area contributed by atoms with Crippen molar-refractivity contribution in [1.29, 1.82) is 0 Å². The van der Waals surface area contributed by atoms with Crippen LogP contribution >= 0.6 is 11.3 Å². The molecule has 0 saturated heterocycles. The number of nitrogens with zero attached hydrogens (tertiary/aromatic N) is 1. The molecule has 0 atom stereocenters. The van der Waals surface area contributed by atoms with Crippen LogP contribution in [0.5, 0.6) is 0 Å². The normalized spacial score (nSPS) is 12.5. The van der Waals surface area contributed by atoms with Gasteiger partial charge in [-0.3, -0.25) is 0 Å². The Morgan fingerprint density at radius 2 is 1.08 bits per heavy atom. The van der Waals surface area contributed by atoms with Crippen LogP contribution in [0.25, 0.3) is 114 Å². The zero-order chi connectivity index (χ0) is 31.8. The highest BCUT2D eigenvalue weighted by Crippen LogP contribution is 2.51. The summed E-state index contributed by atoms with van der Waals surface area (Å²) in [5.74, 6) is 0. The molecule has 8 aromatic carbocycles. The molecule has 0 fully saturated rings. The lowest BCUT2D eigenvalue weighted by molar-refractivity contribution is 0.671. The third kappa shape index (κ3) is 3.25. The second kappa shape index (κ2) is 9.25. The molecule has 0 N–H and O–H groups in total. The summed E-state index contributed by atoms with van der Waals surface area (Å²) in [6, 6.07) is 55.4. The third-order valence-corrected chi connectivity index (χ3v) is 11.9. The molecule has 11 aromatic rings. The molecule has 0 amide bonds. The molecule has 2 nitrogen and oxygen atoms in total. The van der Waals surface area contributed by atoms with E-state index in [1.165, 1.54) is 86.0 Å². The minimum atomic E-state index is 0.921. The minimum Gasteiger partial charge on any atom is -0.454 e. The van der Waals surface area contributed by atoms with Gasteiger partial charge >= 0.3 is 0 Å². The van der Waals surface area contributed by atoms with Gasteiger partial charge in [-0.25, -0.2) is 0 Å². The molecule has 0 spiro atoms. The third-order valence-electron chi connectivity index (χ3n) is 10.7.